The third-order valence-electron chi connectivity index (χ3n) is 2.86. The summed E-state index contributed by atoms with van der Waals surface area (Å²) in [5.74, 6) is -0.0134. The van der Waals surface area contributed by atoms with Crippen molar-refractivity contribution in [2.45, 2.75) is 25.4 Å². The summed E-state index contributed by atoms with van der Waals surface area (Å²) in [6, 6.07) is 5.45. The first-order chi connectivity index (χ1) is 8.72. The SMILES string of the molecule is Fc1cc(Br)ccc1-c1nc(CNC2CC2)co1. The minimum atomic E-state index is -0.340. The molecular weight excluding hydrogens is 299 g/mol. The van der Waals surface area contributed by atoms with Gasteiger partial charge in [-0.3, -0.25) is 0 Å². The van der Waals surface area contributed by atoms with E-state index in [4.69, 9.17) is 4.42 Å². The van der Waals surface area contributed by atoms with Crippen LogP contribution in [0.5, 0.6) is 0 Å². The first-order valence-corrected chi connectivity index (χ1v) is 6.65. The molecule has 0 atom stereocenters. The largest absolute Gasteiger partial charge is 0.444 e. The lowest BCUT2D eigenvalue weighted by molar-refractivity contribution is 0.559. The molecule has 2 aromatic rings. The first-order valence-electron chi connectivity index (χ1n) is 5.85. The summed E-state index contributed by atoms with van der Waals surface area (Å²) in [4.78, 5) is 4.29. The van der Waals surface area contributed by atoms with Gasteiger partial charge in [0.15, 0.2) is 0 Å². The average Bonchev–Trinajstić information content (AvgIpc) is 3.05. The fraction of sp³-hybridized carbons (Fsp3) is 0.308. The Morgan fingerprint density at radius 3 is 3.00 bits per heavy atom. The molecule has 1 aromatic carbocycles. The standard InChI is InChI=1S/C13H12BrFN2O/c14-8-1-4-11(12(15)5-8)13-17-10(7-18-13)6-16-9-2-3-9/h1,4-5,7,9,16H,2-3,6H2. The van der Waals surface area contributed by atoms with Gasteiger partial charge in [0.2, 0.25) is 5.89 Å². The molecule has 1 aliphatic carbocycles. The van der Waals surface area contributed by atoms with Crippen molar-refractivity contribution < 1.29 is 8.81 Å². The van der Waals surface area contributed by atoms with Crippen molar-refractivity contribution in [1.82, 2.24) is 10.3 Å². The van der Waals surface area contributed by atoms with Gasteiger partial charge in [-0.05, 0) is 31.0 Å². The molecule has 0 amide bonds. The number of hydrogen-bond donors (Lipinski definition) is 1. The lowest BCUT2D eigenvalue weighted by Crippen LogP contribution is -2.15. The molecule has 0 spiro atoms. The Morgan fingerprint density at radius 1 is 1.44 bits per heavy atom. The Bertz CT molecular complexity index is 566. The molecule has 0 bridgehead atoms. The Balaban J connectivity index is 1.78. The summed E-state index contributed by atoms with van der Waals surface area (Å²) in [7, 11) is 0. The molecular formula is C13H12BrFN2O. The number of aromatic nitrogens is 1. The summed E-state index contributed by atoms with van der Waals surface area (Å²) in [5.41, 5.74) is 1.19. The first kappa shape index (κ1) is 11.9. The van der Waals surface area contributed by atoms with E-state index < -0.39 is 0 Å². The van der Waals surface area contributed by atoms with Crippen molar-refractivity contribution >= 4 is 15.9 Å². The smallest absolute Gasteiger partial charge is 0.229 e. The summed E-state index contributed by atoms with van der Waals surface area (Å²) in [6.07, 6.45) is 4.03. The average molecular weight is 311 g/mol. The van der Waals surface area contributed by atoms with Gasteiger partial charge in [0, 0.05) is 17.1 Å². The molecule has 18 heavy (non-hydrogen) atoms. The topological polar surface area (TPSA) is 38.1 Å². The molecule has 94 valence electrons. The maximum Gasteiger partial charge on any atom is 0.229 e. The highest BCUT2D eigenvalue weighted by Gasteiger charge is 2.21. The lowest BCUT2D eigenvalue weighted by atomic mass is 10.2. The zero-order chi connectivity index (χ0) is 12.5. The molecule has 1 heterocycles. The van der Waals surface area contributed by atoms with E-state index >= 15 is 0 Å². The third kappa shape index (κ3) is 2.62. The Kier molecular flexibility index (Phi) is 3.18. The molecule has 5 heteroatoms. The number of nitrogens with zero attached hydrogens (tertiary/aromatic N) is 1. The number of oxazole rings is 1. The van der Waals surface area contributed by atoms with Crippen molar-refractivity contribution in [3.05, 3.63) is 40.4 Å². The van der Waals surface area contributed by atoms with Gasteiger partial charge in [-0.25, -0.2) is 9.37 Å². The molecule has 1 fully saturated rings. The van der Waals surface area contributed by atoms with Crippen molar-refractivity contribution in [2.75, 3.05) is 0 Å². The molecule has 1 N–H and O–H groups in total. The minimum absolute atomic E-state index is 0.326. The highest BCUT2D eigenvalue weighted by Crippen LogP contribution is 2.25. The number of hydrogen-bond acceptors (Lipinski definition) is 3. The molecule has 0 aliphatic heterocycles. The van der Waals surface area contributed by atoms with E-state index in [-0.39, 0.29) is 5.82 Å². The Morgan fingerprint density at radius 2 is 2.28 bits per heavy atom. The van der Waals surface area contributed by atoms with Crippen LogP contribution < -0.4 is 5.32 Å². The molecule has 1 aromatic heterocycles. The monoisotopic (exact) mass is 310 g/mol. The fourth-order valence-corrected chi connectivity index (χ4v) is 2.04. The van der Waals surface area contributed by atoms with Crippen LogP contribution >= 0.6 is 15.9 Å². The van der Waals surface area contributed by atoms with Crippen molar-refractivity contribution in [3.8, 4) is 11.5 Å². The van der Waals surface area contributed by atoms with Crippen LogP contribution in [0.15, 0.2) is 33.4 Å². The Labute approximate surface area is 113 Å². The molecule has 0 radical (unpaired) electrons. The quantitative estimate of drug-likeness (QED) is 0.939. The van der Waals surface area contributed by atoms with Crippen LogP contribution in [0.2, 0.25) is 0 Å². The van der Waals surface area contributed by atoms with Gasteiger partial charge < -0.3 is 9.73 Å². The predicted molar refractivity (Wildman–Crippen MR) is 69.5 cm³/mol. The van der Waals surface area contributed by atoms with Crippen LogP contribution in [-0.2, 0) is 6.54 Å². The fourth-order valence-electron chi connectivity index (χ4n) is 1.71. The summed E-state index contributed by atoms with van der Waals surface area (Å²) >= 11 is 3.22. The third-order valence-corrected chi connectivity index (χ3v) is 3.36. The van der Waals surface area contributed by atoms with Crippen LogP contribution in [0.1, 0.15) is 18.5 Å². The van der Waals surface area contributed by atoms with Crippen molar-refractivity contribution in [1.29, 1.82) is 0 Å². The van der Waals surface area contributed by atoms with E-state index in [2.05, 4.69) is 26.2 Å². The van der Waals surface area contributed by atoms with Crippen molar-refractivity contribution in [3.63, 3.8) is 0 Å². The predicted octanol–water partition coefficient (Wildman–Crippen LogP) is 3.50. The molecule has 0 unspecified atom stereocenters. The number of benzene rings is 1. The second-order valence-electron chi connectivity index (χ2n) is 4.42. The molecule has 3 nitrogen and oxygen atoms in total. The van der Waals surface area contributed by atoms with E-state index in [1.165, 1.54) is 18.9 Å². The molecule has 0 saturated heterocycles. The van der Waals surface area contributed by atoms with Crippen LogP contribution in [0.4, 0.5) is 4.39 Å². The van der Waals surface area contributed by atoms with Crippen LogP contribution in [-0.4, -0.2) is 11.0 Å². The number of halogens is 2. The van der Waals surface area contributed by atoms with Gasteiger partial charge in [0.05, 0.1) is 11.3 Å². The summed E-state index contributed by atoms with van der Waals surface area (Å²) < 4.78 is 19.7. The van der Waals surface area contributed by atoms with Gasteiger partial charge in [-0.15, -0.1) is 0 Å². The highest BCUT2D eigenvalue weighted by molar-refractivity contribution is 9.10. The maximum absolute atomic E-state index is 13.7. The van der Waals surface area contributed by atoms with E-state index in [1.54, 1.807) is 18.4 Å². The number of nitrogens with one attached hydrogen (secondary N) is 1. The van der Waals surface area contributed by atoms with Crippen LogP contribution in [0.25, 0.3) is 11.5 Å². The summed E-state index contributed by atoms with van der Waals surface area (Å²) in [5, 5.41) is 3.34. The normalized spacial score (nSPS) is 15.0. The second kappa shape index (κ2) is 4.82. The zero-order valence-electron chi connectivity index (χ0n) is 9.62. The molecule has 1 aliphatic rings. The van der Waals surface area contributed by atoms with Crippen LogP contribution in [0.3, 0.4) is 0 Å². The Hall–Kier alpha value is -1.20. The lowest BCUT2D eigenvalue weighted by Gasteiger charge is -1.99. The maximum atomic E-state index is 13.7. The van der Waals surface area contributed by atoms with Gasteiger partial charge in [-0.1, -0.05) is 15.9 Å². The number of rotatable bonds is 4. The van der Waals surface area contributed by atoms with E-state index in [0.717, 1.165) is 5.69 Å². The van der Waals surface area contributed by atoms with Gasteiger partial charge in [-0.2, -0.15) is 0 Å². The van der Waals surface area contributed by atoms with E-state index in [0.29, 0.717) is 28.5 Å². The summed E-state index contributed by atoms with van der Waals surface area (Å²) in [6.45, 7) is 0.673. The van der Waals surface area contributed by atoms with Gasteiger partial charge >= 0.3 is 0 Å². The van der Waals surface area contributed by atoms with E-state index in [9.17, 15) is 4.39 Å². The van der Waals surface area contributed by atoms with Crippen LogP contribution in [0, 0.1) is 5.82 Å². The van der Waals surface area contributed by atoms with Gasteiger partial charge in [0.1, 0.15) is 12.1 Å². The minimum Gasteiger partial charge on any atom is -0.444 e. The molecule has 3 rings (SSSR count). The van der Waals surface area contributed by atoms with Crippen molar-refractivity contribution in [2.24, 2.45) is 0 Å². The van der Waals surface area contributed by atoms with E-state index in [1.807, 2.05) is 0 Å². The molecule has 1 saturated carbocycles. The van der Waals surface area contributed by atoms with Gasteiger partial charge in [0.25, 0.3) is 0 Å². The zero-order valence-corrected chi connectivity index (χ0v) is 11.2. The highest BCUT2D eigenvalue weighted by atomic mass is 79.9. The second-order valence-corrected chi connectivity index (χ2v) is 5.34.